The number of nitrogens with one attached hydrogen (secondary N) is 2. The third-order valence-electron chi connectivity index (χ3n) is 7.47. The van der Waals surface area contributed by atoms with Gasteiger partial charge in [-0.25, -0.2) is 19.2 Å². The second-order valence-electron chi connectivity index (χ2n) is 11.8. The van der Waals surface area contributed by atoms with Crippen molar-refractivity contribution in [2.45, 2.75) is 70.1 Å². The lowest BCUT2D eigenvalue weighted by molar-refractivity contribution is -0.148. The van der Waals surface area contributed by atoms with E-state index in [9.17, 15) is 19.3 Å². The van der Waals surface area contributed by atoms with E-state index >= 15 is 4.39 Å². The number of ether oxygens (including phenoxy) is 3. The van der Waals surface area contributed by atoms with Crippen molar-refractivity contribution in [3.05, 3.63) is 36.8 Å². The van der Waals surface area contributed by atoms with Crippen molar-refractivity contribution in [3.63, 3.8) is 0 Å². The normalized spacial score (nSPS) is 29.2. The van der Waals surface area contributed by atoms with Crippen LogP contribution in [0.25, 0.3) is 11.2 Å². The first-order valence-electron chi connectivity index (χ1n) is 14.4. The van der Waals surface area contributed by atoms with Gasteiger partial charge in [0.1, 0.15) is 24.3 Å². The van der Waals surface area contributed by atoms with Crippen LogP contribution in [0, 0.1) is 5.92 Å². The molecule has 5 unspecified atom stereocenters. The van der Waals surface area contributed by atoms with Gasteiger partial charge in [-0.15, -0.1) is 0 Å². The Labute approximate surface area is 258 Å². The number of amides is 1. The number of carbonyl (C=O) groups excluding carboxylic acids is 2. The minimum Gasteiger partial charge on any atom is -0.487 e. The maximum Gasteiger partial charge on any atom is 0.338 e. The smallest absolute Gasteiger partial charge is 0.338 e. The standard InChI is InChI=1S/C28H37FN7O8P/c1-15(2)23(38)32-13-33-26-31-10-17-22(35-26)36(14-34-17)24-27(5,29)21(37)20(43-24)11-41-18-8-6-7-9-19(18)44-45(40)12-28(45,30)25(39)42-16(3)4/h6-10,14-16,20-21,24,37H,11-13,30H2,1-5H3,(H,32,38)(H,31,33,35)/t20?,21?,24?,27?,28-,45?/m1/s1. The molecule has 0 saturated carbocycles. The summed E-state index contributed by atoms with van der Waals surface area (Å²) in [5.74, 6) is -0.820. The SMILES string of the molecule is CC(C)OC(=O)[C@@]1(N)CP1(=O)Oc1ccccc1OCC1OC(n2cnc3cnc(NCNC(=O)C(C)C)nc32)C(C)(F)C1O. The Balaban J connectivity index is 1.27. The van der Waals surface area contributed by atoms with Crippen molar-refractivity contribution in [1.82, 2.24) is 24.8 Å². The summed E-state index contributed by atoms with van der Waals surface area (Å²) in [4.78, 5) is 37.0. The first-order chi connectivity index (χ1) is 21.2. The van der Waals surface area contributed by atoms with Gasteiger partial charge in [-0.2, -0.15) is 4.98 Å². The molecule has 6 atom stereocenters. The summed E-state index contributed by atoms with van der Waals surface area (Å²) in [7, 11) is -3.63. The topological polar surface area (TPSA) is 202 Å². The van der Waals surface area contributed by atoms with Crippen LogP contribution < -0.4 is 25.6 Å². The fraction of sp³-hybridized carbons (Fsp3) is 0.536. The highest BCUT2D eigenvalue weighted by molar-refractivity contribution is 7.70. The number of fused-ring (bicyclic) bond motifs is 1. The zero-order chi connectivity index (χ0) is 32.7. The summed E-state index contributed by atoms with van der Waals surface area (Å²) >= 11 is 0. The van der Waals surface area contributed by atoms with E-state index in [1.807, 2.05) is 0 Å². The number of imidazole rings is 1. The molecule has 2 aliphatic heterocycles. The van der Waals surface area contributed by atoms with E-state index in [4.69, 9.17) is 24.5 Å². The number of nitrogens with zero attached hydrogens (tertiary/aromatic N) is 4. The van der Waals surface area contributed by atoms with E-state index in [2.05, 4.69) is 25.6 Å². The number of esters is 1. The third kappa shape index (κ3) is 6.32. The van der Waals surface area contributed by atoms with Crippen LogP contribution in [0.3, 0.4) is 0 Å². The van der Waals surface area contributed by atoms with Gasteiger partial charge in [-0.1, -0.05) is 26.0 Å². The number of anilines is 1. The highest BCUT2D eigenvalue weighted by atomic mass is 31.2. The average molecular weight is 650 g/mol. The highest BCUT2D eigenvalue weighted by Crippen LogP contribution is 2.73. The van der Waals surface area contributed by atoms with Gasteiger partial charge in [0, 0.05) is 5.92 Å². The monoisotopic (exact) mass is 649 g/mol. The van der Waals surface area contributed by atoms with Gasteiger partial charge < -0.3 is 40.2 Å². The predicted molar refractivity (Wildman–Crippen MR) is 159 cm³/mol. The molecule has 0 aliphatic carbocycles. The number of halogens is 1. The van der Waals surface area contributed by atoms with Gasteiger partial charge in [0.25, 0.3) is 7.37 Å². The van der Waals surface area contributed by atoms with Crippen LogP contribution in [0.1, 0.15) is 40.8 Å². The molecule has 1 amide bonds. The van der Waals surface area contributed by atoms with Crippen LogP contribution in [0.4, 0.5) is 10.3 Å². The number of para-hydroxylation sites is 2. The molecule has 4 heterocycles. The molecule has 15 nitrogen and oxygen atoms in total. The van der Waals surface area contributed by atoms with Crippen molar-refractivity contribution in [3.8, 4) is 11.5 Å². The van der Waals surface area contributed by atoms with E-state index in [0.717, 1.165) is 0 Å². The van der Waals surface area contributed by atoms with Gasteiger partial charge in [0.15, 0.2) is 29.0 Å². The van der Waals surface area contributed by atoms with Crippen molar-refractivity contribution in [1.29, 1.82) is 0 Å². The largest absolute Gasteiger partial charge is 0.487 e. The van der Waals surface area contributed by atoms with Crippen molar-refractivity contribution in [2.75, 3.05) is 24.8 Å². The van der Waals surface area contributed by atoms with Crippen LogP contribution >= 0.6 is 7.37 Å². The lowest BCUT2D eigenvalue weighted by Crippen LogP contribution is -2.41. The molecule has 2 aliphatic rings. The quantitative estimate of drug-likeness (QED) is 0.127. The molecule has 2 aromatic heterocycles. The number of benzene rings is 1. The summed E-state index contributed by atoms with van der Waals surface area (Å²) < 4.78 is 53.3. The van der Waals surface area contributed by atoms with Gasteiger partial charge >= 0.3 is 5.97 Å². The van der Waals surface area contributed by atoms with Gasteiger partial charge in [0.2, 0.25) is 17.1 Å². The summed E-state index contributed by atoms with van der Waals surface area (Å²) in [6.07, 6.45) is -1.97. The maximum atomic E-state index is 16.1. The van der Waals surface area contributed by atoms with Crippen LogP contribution in [0.2, 0.25) is 0 Å². The Hall–Kier alpha value is -3.85. The summed E-state index contributed by atoms with van der Waals surface area (Å²) in [5.41, 5.74) is 4.35. The molecule has 0 spiro atoms. The third-order valence-corrected chi connectivity index (χ3v) is 10.0. The molecule has 0 radical (unpaired) electrons. The van der Waals surface area contributed by atoms with Crippen LogP contribution in [0.5, 0.6) is 11.5 Å². The number of carbonyl (C=O) groups is 2. The predicted octanol–water partition coefficient (Wildman–Crippen LogP) is 2.31. The minimum atomic E-state index is -3.63. The molecule has 1 aromatic carbocycles. The zero-order valence-electron chi connectivity index (χ0n) is 25.5. The maximum absolute atomic E-state index is 16.1. The zero-order valence-corrected chi connectivity index (χ0v) is 26.4. The molecule has 0 bridgehead atoms. The van der Waals surface area contributed by atoms with Gasteiger partial charge in [0.05, 0.1) is 31.5 Å². The molecular weight excluding hydrogens is 612 g/mol. The Morgan fingerprint density at radius 2 is 1.96 bits per heavy atom. The van der Waals surface area contributed by atoms with Crippen molar-refractivity contribution >= 4 is 36.4 Å². The number of hydrogen-bond donors (Lipinski definition) is 4. The fourth-order valence-electron chi connectivity index (χ4n) is 4.74. The molecule has 244 valence electrons. The van der Waals surface area contributed by atoms with E-state index in [-0.39, 0.29) is 54.4 Å². The lowest BCUT2D eigenvalue weighted by atomic mass is 9.98. The molecule has 3 aromatic rings. The van der Waals surface area contributed by atoms with Crippen LogP contribution in [0.15, 0.2) is 36.8 Å². The number of aliphatic hydroxyl groups excluding tert-OH is 1. The second kappa shape index (κ2) is 12.2. The fourth-order valence-corrected chi connectivity index (χ4v) is 6.81. The number of nitrogens with two attached hydrogens (primary N) is 1. The van der Waals surface area contributed by atoms with Crippen molar-refractivity contribution in [2.24, 2.45) is 11.7 Å². The number of hydrogen-bond acceptors (Lipinski definition) is 13. The van der Waals surface area contributed by atoms with Gasteiger partial charge in [-0.3, -0.25) is 13.9 Å². The van der Waals surface area contributed by atoms with E-state index in [0.29, 0.717) is 5.52 Å². The Morgan fingerprint density at radius 3 is 2.64 bits per heavy atom. The van der Waals surface area contributed by atoms with E-state index in [1.165, 1.54) is 36.1 Å². The minimum absolute atomic E-state index is 0.0551. The van der Waals surface area contributed by atoms with E-state index < -0.39 is 48.8 Å². The summed E-state index contributed by atoms with van der Waals surface area (Å²) in [6.45, 7) is 7.80. The van der Waals surface area contributed by atoms with Crippen molar-refractivity contribution < 1.29 is 42.4 Å². The highest BCUT2D eigenvalue weighted by Gasteiger charge is 2.73. The number of aromatic nitrogens is 4. The number of rotatable bonds is 12. The molecule has 5 N–H and O–H groups in total. The molecule has 5 rings (SSSR count). The first kappa shape index (κ1) is 32.5. The van der Waals surface area contributed by atoms with Gasteiger partial charge in [-0.05, 0) is 32.9 Å². The molecule has 2 fully saturated rings. The Bertz CT molecular complexity index is 1640. The number of alkyl halides is 1. The van der Waals surface area contributed by atoms with E-state index in [1.54, 1.807) is 39.8 Å². The van der Waals surface area contributed by atoms with Crippen LogP contribution in [-0.2, 0) is 23.6 Å². The molecule has 17 heteroatoms. The molecule has 2 saturated heterocycles. The summed E-state index contributed by atoms with van der Waals surface area (Å²) in [5, 5.41) is 14.8. The van der Waals surface area contributed by atoms with Crippen LogP contribution in [-0.4, -0.2) is 85.2 Å². The molecular formula is C28H37FN7O8P. The average Bonchev–Trinajstić information content (AvgIpc) is 3.21. The number of aliphatic hydroxyl groups is 1. The second-order valence-corrected chi connectivity index (χ2v) is 14.4. The Kier molecular flexibility index (Phi) is 8.79. The Morgan fingerprint density at radius 1 is 1.24 bits per heavy atom. The molecule has 45 heavy (non-hydrogen) atoms. The lowest BCUT2D eigenvalue weighted by Gasteiger charge is -2.24. The summed E-state index contributed by atoms with van der Waals surface area (Å²) in [6, 6.07) is 6.28. The first-order valence-corrected chi connectivity index (χ1v) is 16.2.